The Balaban J connectivity index is 3.68. The number of nitrogens with one attached hydrogen (secondary N) is 1. The highest BCUT2D eigenvalue weighted by atomic mass is 35.5. The van der Waals surface area contributed by atoms with Gasteiger partial charge >= 0.3 is 0 Å². The summed E-state index contributed by atoms with van der Waals surface area (Å²) in [7, 11) is 0. The van der Waals surface area contributed by atoms with Crippen LogP contribution in [-0.2, 0) is 9.53 Å². The van der Waals surface area contributed by atoms with Crippen LogP contribution in [0.2, 0.25) is 0 Å². The van der Waals surface area contributed by atoms with Crippen molar-refractivity contribution in [3.8, 4) is 0 Å². The van der Waals surface area contributed by atoms with E-state index in [9.17, 15) is 4.79 Å². The molecule has 0 radical (unpaired) electrons. The van der Waals surface area contributed by atoms with Gasteiger partial charge in [-0.1, -0.05) is 13.3 Å². The Labute approximate surface area is 104 Å². The normalized spacial score (nSPS) is 12.8. The Morgan fingerprint density at radius 3 is 2.56 bits per heavy atom. The lowest BCUT2D eigenvalue weighted by molar-refractivity contribution is -0.127. The number of amides is 1. The van der Waals surface area contributed by atoms with Crippen LogP contribution in [0.4, 0.5) is 0 Å². The van der Waals surface area contributed by atoms with Gasteiger partial charge in [-0.15, -0.1) is 11.6 Å². The highest BCUT2D eigenvalue weighted by Crippen LogP contribution is 2.10. The van der Waals surface area contributed by atoms with Crippen molar-refractivity contribution in [3.05, 3.63) is 0 Å². The average Bonchev–Trinajstić information content (AvgIpc) is 2.23. The molecule has 0 aliphatic heterocycles. The van der Waals surface area contributed by atoms with Gasteiger partial charge in [-0.2, -0.15) is 0 Å². The molecule has 3 nitrogen and oxygen atoms in total. The van der Waals surface area contributed by atoms with Crippen LogP contribution in [0.25, 0.3) is 0 Å². The third kappa shape index (κ3) is 8.98. The predicted octanol–water partition coefficient (Wildman–Crippen LogP) is 2.57. The molecule has 16 heavy (non-hydrogen) atoms. The minimum absolute atomic E-state index is 0.0376. The maximum Gasteiger partial charge on any atom is 0.246 e. The van der Waals surface area contributed by atoms with Crippen molar-refractivity contribution in [2.24, 2.45) is 5.92 Å². The molecule has 0 heterocycles. The quantitative estimate of drug-likeness (QED) is 0.638. The molecule has 0 aromatic rings. The highest BCUT2D eigenvalue weighted by Gasteiger charge is 2.09. The zero-order valence-corrected chi connectivity index (χ0v) is 11.3. The number of hydrogen-bond donors (Lipinski definition) is 1. The summed E-state index contributed by atoms with van der Waals surface area (Å²) in [6, 6.07) is 0. The van der Waals surface area contributed by atoms with Gasteiger partial charge in [-0.3, -0.25) is 4.79 Å². The summed E-state index contributed by atoms with van der Waals surface area (Å²) in [5, 5.41) is 2.89. The Morgan fingerprint density at radius 1 is 1.38 bits per heavy atom. The first kappa shape index (κ1) is 15.7. The Bertz CT molecular complexity index is 180. The fourth-order valence-corrected chi connectivity index (χ4v) is 1.77. The summed E-state index contributed by atoms with van der Waals surface area (Å²) in [6.45, 7) is 6.84. The molecular formula is C12H24ClNO2. The van der Waals surface area contributed by atoms with Gasteiger partial charge in [-0.25, -0.2) is 0 Å². The number of ether oxygens (including phenoxy) is 1. The molecule has 0 bridgehead atoms. The van der Waals surface area contributed by atoms with E-state index >= 15 is 0 Å². The number of alkyl halides is 1. The number of halogens is 1. The first-order valence-corrected chi connectivity index (χ1v) is 6.57. The van der Waals surface area contributed by atoms with Crippen LogP contribution >= 0.6 is 11.6 Å². The van der Waals surface area contributed by atoms with Crippen molar-refractivity contribution in [2.45, 2.75) is 46.1 Å². The monoisotopic (exact) mass is 249 g/mol. The topological polar surface area (TPSA) is 38.3 Å². The van der Waals surface area contributed by atoms with Gasteiger partial charge in [0, 0.05) is 12.4 Å². The first-order valence-electron chi connectivity index (χ1n) is 6.04. The Hall–Kier alpha value is -0.280. The molecule has 1 amide bonds. The second kappa shape index (κ2) is 9.91. The largest absolute Gasteiger partial charge is 0.369 e. The van der Waals surface area contributed by atoms with Crippen molar-refractivity contribution in [3.63, 3.8) is 0 Å². The second-order valence-electron chi connectivity index (χ2n) is 4.30. The maximum absolute atomic E-state index is 11.4. The summed E-state index contributed by atoms with van der Waals surface area (Å²) >= 11 is 5.71. The van der Waals surface area contributed by atoms with Gasteiger partial charge in [0.05, 0.1) is 6.10 Å². The molecular weight excluding hydrogens is 226 g/mol. The molecule has 96 valence electrons. The maximum atomic E-state index is 11.4. The predicted molar refractivity (Wildman–Crippen MR) is 67.8 cm³/mol. The van der Waals surface area contributed by atoms with Gasteiger partial charge in [0.1, 0.15) is 6.61 Å². The summed E-state index contributed by atoms with van der Waals surface area (Å²) in [5.41, 5.74) is 0. The summed E-state index contributed by atoms with van der Waals surface area (Å²) in [6.07, 6.45) is 3.29. The molecule has 0 aliphatic carbocycles. The SMILES string of the molecule is CCCC(CCCl)CNC(=O)COC(C)C. The van der Waals surface area contributed by atoms with Gasteiger partial charge in [0.25, 0.3) is 0 Å². The van der Waals surface area contributed by atoms with E-state index in [1.54, 1.807) is 0 Å². The van der Waals surface area contributed by atoms with E-state index in [0.717, 1.165) is 19.3 Å². The molecule has 0 fully saturated rings. The molecule has 1 atom stereocenters. The number of carbonyl (C=O) groups excluding carboxylic acids is 1. The summed E-state index contributed by atoms with van der Waals surface area (Å²) in [4.78, 5) is 11.4. The van der Waals surface area contributed by atoms with Gasteiger partial charge < -0.3 is 10.1 Å². The van der Waals surface area contributed by atoms with Crippen molar-refractivity contribution in [1.82, 2.24) is 5.32 Å². The van der Waals surface area contributed by atoms with Crippen molar-refractivity contribution >= 4 is 17.5 Å². The lowest BCUT2D eigenvalue weighted by Crippen LogP contribution is -2.33. The average molecular weight is 250 g/mol. The first-order chi connectivity index (χ1) is 7.60. The third-order valence-electron chi connectivity index (χ3n) is 2.35. The van der Waals surface area contributed by atoms with Crippen molar-refractivity contribution in [2.75, 3.05) is 19.0 Å². The van der Waals surface area contributed by atoms with Crippen LogP contribution in [0.3, 0.4) is 0 Å². The molecule has 0 aromatic heterocycles. The lowest BCUT2D eigenvalue weighted by Gasteiger charge is -2.16. The molecule has 0 rings (SSSR count). The van der Waals surface area contributed by atoms with Crippen LogP contribution in [0.15, 0.2) is 0 Å². The van der Waals surface area contributed by atoms with E-state index in [4.69, 9.17) is 16.3 Å². The van der Waals surface area contributed by atoms with Crippen LogP contribution in [0, 0.1) is 5.92 Å². The number of carbonyl (C=O) groups is 1. The standard InChI is InChI=1S/C12H24ClNO2/c1-4-5-11(6-7-13)8-14-12(15)9-16-10(2)3/h10-11H,4-9H2,1-3H3,(H,14,15). The second-order valence-corrected chi connectivity index (χ2v) is 4.67. The third-order valence-corrected chi connectivity index (χ3v) is 2.57. The summed E-state index contributed by atoms with van der Waals surface area (Å²) in [5.74, 6) is 1.11. The fraction of sp³-hybridized carbons (Fsp3) is 0.917. The molecule has 0 aliphatic rings. The number of hydrogen-bond acceptors (Lipinski definition) is 2. The van der Waals surface area contributed by atoms with E-state index in [1.807, 2.05) is 13.8 Å². The van der Waals surface area contributed by atoms with Crippen LogP contribution < -0.4 is 5.32 Å². The zero-order chi connectivity index (χ0) is 12.4. The smallest absolute Gasteiger partial charge is 0.246 e. The highest BCUT2D eigenvalue weighted by molar-refractivity contribution is 6.17. The minimum atomic E-state index is -0.0376. The molecule has 4 heteroatoms. The van der Waals surface area contributed by atoms with E-state index in [0.29, 0.717) is 18.3 Å². The molecule has 0 aromatic carbocycles. The number of rotatable bonds is 9. The molecule has 1 N–H and O–H groups in total. The Morgan fingerprint density at radius 2 is 2.06 bits per heavy atom. The van der Waals surface area contributed by atoms with Crippen molar-refractivity contribution in [1.29, 1.82) is 0 Å². The zero-order valence-electron chi connectivity index (χ0n) is 10.6. The van der Waals surface area contributed by atoms with E-state index in [-0.39, 0.29) is 18.6 Å². The van der Waals surface area contributed by atoms with Crippen LogP contribution in [0.1, 0.15) is 40.0 Å². The molecule has 0 saturated heterocycles. The van der Waals surface area contributed by atoms with Crippen LogP contribution in [0.5, 0.6) is 0 Å². The molecule has 0 saturated carbocycles. The van der Waals surface area contributed by atoms with Gasteiger partial charge in [0.15, 0.2) is 0 Å². The van der Waals surface area contributed by atoms with Crippen molar-refractivity contribution < 1.29 is 9.53 Å². The van der Waals surface area contributed by atoms with E-state index in [1.165, 1.54) is 0 Å². The minimum Gasteiger partial charge on any atom is -0.369 e. The molecule has 0 spiro atoms. The van der Waals surface area contributed by atoms with Gasteiger partial charge in [-0.05, 0) is 32.6 Å². The fourth-order valence-electron chi connectivity index (χ4n) is 1.46. The van der Waals surface area contributed by atoms with E-state index in [2.05, 4.69) is 12.2 Å². The van der Waals surface area contributed by atoms with E-state index < -0.39 is 0 Å². The molecule has 1 unspecified atom stereocenters. The lowest BCUT2D eigenvalue weighted by atomic mass is 10.0. The van der Waals surface area contributed by atoms with Gasteiger partial charge in [0.2, 0.25) is 5.91 Å². The summed E-state index contributed by atoms with van der Waals surface area (Å²) < 4.78 is 5.22. The Kier molecular flexibility index (Phi) is 9.74. The van der Waals surface area contributed by atoms with Crippen LogP contribution in [-0.4, -0.2) is 31.0 Å².